The van der Waals surface area contributed by atoms with Crippen molar-refractivity contribution >= 4 is 11.4 Å². The smallest absolute Gasteiger partial charge is 0.0457 e. The molecule has 44 heavy (non-hydrogen) atoms. The second kappa shape index (κ2) is 11.6. The summed E-state index contributed by atoms with van der Waals surface area (Å²) < 4.78 is 0. The van der Waals surface area contributed by atoms with Crippen LogP contribution in [0, 0.1) is 0 Å². The van der Waals surface area contributed by atoms with Crippen molar-refractivity contribution in [3.05, 3.63) is 107 Å². The molecule has 0 N–H and O–H groups in total. The van der Waals surface area contributed by atoms with Gasteiger partial charge in [-0.25, -0.2) is 0 Å². The topological polar surface area (TPSA) is 3.24 Å². The Morgan fingerprint density at radius 1 is 0.545 bits per heavy atom. The van der Waals surface area contributed by atoms with Gasteiger partial charge in [0.2, 0.25) is 0 Å². The first-order valence-electron chi connectivity index (χ1n) is 17.5. The molecule has 228 valence electrons. The Kier molecular flexibility index (Phi) is 7.72. The van der Waals surface area contributed by atoms with Crippen LogP contribution in [0.2, 0.25) is 0 Å². The Morgan fingerprint density at radius 2 is 1.14 bits per heavy atom. The highest BCUT2D eigenvalue weighted by Crippen LogP contribution is 2.54. The van der Waals surface area contributed by atoms with Gasteiger partial charge in [-0.05, 0) is 121 Å². The number of fused-ring (bicyclic) bond motifs is 3. The molecule has 2 saturated carbocycles. The van der Waals surface area contributed by atoms with E-state index in [1.54, 1.807) is 11.1 Å². The standard InChI is InChI=1S/C43H51N/c1-42(2,3)44(40-27-33(30-17-9-6-10-18-30)25-26-34(40)31-19-11-7-12-20-31)41-29-39-37(28-36(41)32-21-13-8-14-22-32)35-23-15-16-24-38(35)43(39,4)5/h6,9-10,15-18,23-29,31-32H,7-8,11-14,19-22H2,1-5H3. The molecule has 0 atom stereocenters. The van der Waals surface area contributed by atoms with Crippen LogP contribution >= 0.6 is 0 Å². The normalized spacial score (nSPS) is 18.6. The molecule has 0 amide bonds. The van der Waals surface area contributed by atoms with Crippen molar-refractivity contribution in [3.8, 4) is 22.3 Å². The Hall–Kier alpha value is -3.32. The molecule has 0 saturated heterocycles. The van der Waals surface area contributed by atoms with Crippen molar-refractivity contribution in [2.75, 3.05) is 4.90 Å². The molecule has 0 heterocycles. The number of benzene rings is 4. The molecule has 0 unspecified atom stereocenters. The quantitative estimate of drug-likeness (QED) is 0.227. The van der Waals surface area contributed by atoms with Gasteiger partial charge in [0.15, 0.2) is 0 Å². The first kappa shape index (κ1) is 29.4. The summed E-state index contributed by atoms with van der Waals surface area (Å²) in [5.41, 5.74) is 14.4. The number of hydrogen-bond donors (Lipinski definition) is 0. The van der Waals surface area contributed by atoms with Gasteiger partial charge in [-0.2, -0.15) is 0 Å². The number of rotatable bonds is 5. The van der Waals surface area contributed by atoms with Crippen molar-refractivity contribution < 1.29 is 0 Å². The Bertz CT molecular complexity index is 1620. The van der Waals surface area contributed by atoms with Crippen LogP contribution in [0.4, 0.5) is 11.4 Å². The second-order valence-electron chi connectivity index (χ2n) is 15.4. The summed E-state index contributed by atoms with van der Waals surface area (Å²) in [6, 6.07) is 32.9. The van der Waals surface area contributed by atoms with Crippen LogP contribution in [0.15, 0.2) is 84.9 Å². The molecular weight excluding hydrogens is 530 g/mol. The van der Waals surface area contributed by atoms with Crippen LogP contribution in [0.25, 0.3) is 22.3 Å². The van der Waals surface area contributed by atoms with Gasteiger partial charge in [-0.1, -0.05) is 119 Å². The molecule has 2 fully saturated rings. The maximum absolute atomic E-state index is 2.78. The van der Waals surface area contributed by atoms with Crippen molar-refractivity contribution in [1.29, 1.82) is 0 Å². The SMILES string of the molecule is CC1(C)c2ccccc2-c2cc(C3CCCCC3)c(N(c3cc(-c4ccccc4)ccc3C3CCCCC3)C(C)(C)C)cc21. The van der Waals surface area contributed by atoms with E-state index in [0.29, 0.717) is 11.8 Å². The molecule has 4 aromatic rings. The minimum absolute atomic E-state index is 0.0204. The van der Waals surface area contributed by atoms with E-state index in [1.165, 1.54) is 109 Å². The highest BCUT2D eigenvalue weighted by Gasteiger charge is 2.39. The number of anilines is 2. The fraction of sp³-hybridized carbons (Fsp3) is 0.442. The molecule has 1 heteroatoms. The molecule has 0 radical (unpaired) electrons. The maximum atomic E-state index is 2.78. The summed E-state index contributed by atoms with van der Waals surface area (Å²) >= 11 is 0. The third-order valence-electron chi connectivity index (χ3n) is 11.1. The molecule has 0 aliphatic heterocycles. The average Bonchev–Trinajstić information content (AvgIpc) is 3.27. The zero-order chi connectivity index (χ0) is 30.5. The van der Waals surface area contributed by atoms with Crippen molar-refractivity contribution in [3.63, 3.8) is 0 Å². The maximum Gasteiger partial charge on any atom is 0.0457 e. The van der Waals surface area contributed by atoms with E-state index >= 15 is 0 Å². The van der Waals surface area contributed by atoms with Gasteiger partial charge in [0.25, 0.3) is 0 Å². The summed E-state index contributed by atoms with van der Waals surface area (Å²) in [7, 11) is 0. The molecule has 0 bridgehead atoms. The molecule has 1 nitrogen and oxygen atoms in total. The predicted octanol–water partition coefficient (Wildman–Crippen LogP) is 12.7. The lowest BCUT2D eigenvalue weighted by Gasteiger charge is -2.43. The number of nitrogens with zero attached hydrogens (tertiary/aromatic N) is 1. The largest absolute Gasteiger partial charge is 0.336 e. The monoisotopic (exact) mass is 581 g/mol. The lowest BCUT2D eigenvalue weighted by Crippen LogP contribution is -2.39. The van der Waals surface area contributed by atoms with Gasteiger partial charge >= 0.3 is 0 Å². The van der Waals surface area contributed by atoms with E-state index in [1.807, 2.05) is 0 Å². The summed E-state index contributed by atoms with van der Waals surface area (Å²) in [5.74, 6) is 1.24. The minimum atomic E-state index is -0.0913. The second-order valence-corrected chi connectivity index (χ2v) is 15.4. The van der Waals surface area contributed by atoms with Crippen LogP contribution < -0.4 is 4.90 Å². The first-order chi connectivity index (χ1) is 21.2. The van der Waals surface area contributed by atoms with E-state index < -0.39 is 0 Å². The van der Waals surface area contributed by atoms with Crippen molar-refractivity contribution in [2.24, 2.45) is 0 Å². The highest BCUT2D eigenvalue weighted by molar-refractivity contribution is 5.86. The Balaban J connectivity index is 1.49. The highest BCUT2D eigenvalue weighted by atomic mass is 15.2. The van der Waals surface area contributed by atoms with Gasteiger partial charge in [0, 0.05) is 22.3 Å². The molecule has 0 aromatic heterocycles. The van der Waals surface area contributed by atoms with Gasteiger partial charge < -0.3 is 4.90 Å². The van der Waals surface area contributed by atoms with E-state index in [4.69, 9.17) is 0 Å². The zero-order valence-corrected chi connectivity index (χ0v) is 27.8. The summed E-state index contributed by atoms with van der Waals surface area (Å²) in [5, 5.41) is 0. The van der Waals surface area contributed by atoms with Crippen molar-refractivity contribution in [2.45, 2.75) is 122 Å². The third-order valence-corrected chi connectivity index (χ3v) is 11.1. The lowest BCUT2D eigenvalue weighted by molar-refractivity contribution is 0.438. The minimum Gasteiger partial charge on any atom is -0.336 e. The predicted molar refractivity (Wildman–Crippen MR) is 189 cm³/mol. The fourth-order valence-electron chi connectivity index (χ4n) is 8.85. The van der Waals surface area contributed by atoms with Crippen LogP contribution in [-0.4, -0.2) is 5.54 Å². The molecular formula is C43H51N. The molecule has 0 spiro atoms. The lowest BCUT2D eigenvalue weighted by atomic mass is 9.78. The summed E-state index contributed by atoms with van der Waals surface area (Å²) in [4.78, 5) is 2.78. The van der Waals surface area contributed by atoms with Crippen LogP contribution in [-0.2, 0) is 5.41 Å². The van der Waals surface area contributed by atoms with Crippen LogP contribution in [0.3, 0.4) is 0 Å². The van der Waals surface area contributed by atoms with Crippen LogP contribution in [0.1, 0.15) is 133 Å². The third kappa shape index (κ3) is 5.21. The van der Waals surface area contributed by atoms with Gasteiger partial charge in [-0.3, -0.25) is 0 Å². The Labute approximate surface area is 266 Å². The number of hydrogen-bond acceptors (Lipinski definition) is 1. The van der Waals surface area contributed by atoms with Gasteiger partial charge in [-0.15, -0.1) is 0 Å². The van der Waals surface area contributed by atoms with E-state index in [0.717, 1.165) is 0 Å². The Morgan fingerprint density at radius 3 is 1.80 bits per heavy atom. The fourth-order valence-corrected chi connectivity index (χ4v) is 8.85. The summed E-state index contributed by atoms with van der Waals surface area (Å²) in [6.45, 7) is 12.2. The average molecular weight is 582 g/mol. The first-order valence-corrected chi connectivity index (χ1v) is 17.5. The molecule has 3 aliphatic carbocycles. The molecule has 3 aliphatic rings. The summed E-state index contributed by atoms with van der Waals surface area (Å²) in [6.07, 6.45) is 13.3. The van der Waals surface area contributed by atoms with Gasteiger partial charge in [0.05, 0.1) is 0 Å². The molecule has 4 aromatic carbocycles. The van der Waals surface area contributed by atoms with E-state index in [-0.39, 0.29) is 11.0 Å². The van der Waals surface area contributed by atoms with Crippen LogP contribution in [0.5, 0.6) is 0 Å². The van der Waals surface area contributed by atoms with Gasteiger partial charge in [0.1, 0.15) is 0 Å². The van der Waals surface area contributed by atoms with Crippen molar-refractivity contribution in [1.82, 2.24) is 0 Å². The molecule has 7 rings (SSSR count). The van der Waals surface area contributed by atoms with E-state index in [2.05, 4.69) is 124 Å². The van der Waals surface area contributed by atoms with E-state index in [9.17, 15) is 0 Å². The zero-order valence-electron chi connectivity index (χ0n) is 27.8.